The first kappa shape index (κ1) is 22.4. The molecule has 0 radical (unpaired) electrons. The molecule has 6 heteroatoms. The normalized spacial score (nSPS) is 12.9. The summed E-state index contributed by atoms with van der Waals surface area (Å²) in [6, 6.07) is 24.3. The molecule has 0 fully saturated rings. The Labute approximate surface area is 193 Å². The second-order valence-electron chi connectivity index (χ2n) is 8.32. The van der Waals surface area contributed by atoms with Crippen molar-refractivity contribution in [3.05, 3.63) is 112 Å². The van der Waals surface area contributed by atoms with E-state index in [4.69, 9.17) is 4.74 Å². The highest BCUT2D eigenvalue weighted by Gasteiger charge is 2.40. The number of aromatic nitrogens is 2. The lowest BCUT2D eigenvalue weighted by atomic mass is 9.80. The van der Waals surface area contributed by atoms with Crippen LogP contribution in [0.15, 0.2) is 83.7 Å². The largest absolute Gasteiger partial charge is 0.497 e. The predicted molar refractivity (Wildman–Crippen MR) is 132 cm³/mol. The van der Waals surface area contributed by atoms with Crippen LogP contribution in [-0.4, -0.2) is 35.7 Å². The van der Waals surface area contributed by atoms with Gasteiger partial charge in [-0.1, -0.05) is 42.5 Å². The van der Waals surface area contributed by atoms with E-state index in [0.717, 1.165) is 11.4 Å². The van der Waals surface area contributed by atoms with Crippen LogP contribution in [0.5, 0.6) is 5.75 Å². The molecular formula is C27H29N3O3. The van der Waals surface area contributed by atoms with Gasteiger partial charge < -0.3 is 14.7 Å². The first-order valence-corrected chi connectivity index (χ1v) is 10.8. The molecule has 1 heterocycles. The SMILES string of the molecule is COc1ccc(C(O)(c2ccc(N(C)C)cc2)c2c(C)n(C)n(-c3ccccc3)c2=O)cc1. The van der Waals surface area contributed by atoms with Crippen molar-refractivity contribution < 1.29 is 9.84 Å². The minimum absolute atomic E-state index is 0.267. The van der Waals surface area contributed by atoms with E-state index < -0.39 is 5.60 Å². The van der Waals surface area contributed by atoms with Crippen LogP contribution in [0.25, 0.3) is 5.69 Å². The molecule has 0 aliphatic heterocycles. The first-order valence-electron chi connectivity index (χ1n) is 10.8. The Hall–Kier alpha value is -3.77. The van der Waals surface area contributed by atoms with Crippen molar-refractivity contribution >= 4 is 5.69 Å². The van der Waals surface area contributed by atoms with Gasteiger partial charge in [0.25, 0.3) is 5.56 Å². The summed E-state index contributed by atoms with van der Waals surface area (Å²) in [4.78, 5) is 15.8. The summed E-state index contributed by atoms with van der Waals surface area (Å²) < 4.78 is 8.68. The van der Waals surface area contributed by atoms with Crippen LogP contribution in [0.3, 0.4) is 0 Å². The molecular weight excluding hydrogens is 414 g/mol. The summed E-state index contributed by atoms with van der Waals surface area (Å²) in [5, 5.41) is 12.4. The van der Waals surface area contributed by atoms with Crippen LogP contribution in [-0.2, 0) is 12.6 Å². The maximum Gasteiger partial charge on any atom is 0.278 e. The Kier molecular flexibility index (Phi) is 5.87. The molecule has 0 amide bonds. The number of aliphatic hydroxyl groups is 1. The van der Waals surface area contributed by atoms with Crippen LogP contribution in [0.4, 0.5) is 5.69 Å². The Balaban J connectivity index is 2.01. The Morgan fingerprint density at radius 1 is 0.879 bits per heavy atom. The molecule has 1 unspecified atom stereocenters. The van der Waals surface area contributed by atoms with Crippen LogP contribution in [0.2, 0.25) is 0 Å². The van der Waals surface area contributed by atoms with Gasteiger partial charge in [0.1, 0.15) is 11.4 Å². The average molecular weight is 444 g/mol. The van der Waals surface area contributed by atoms with Crippen molar-refractivity contribution in [2.75, 3.05) is 26.1 Å². The highest BCUT2D eigenvalue weighted by atomic mass is 16.5. The lowest BCUT2D eigenvalue weighted by Crippen LogP contribution is -2.35. The summed E-state index contributed by atoms with van der Waals surface area (Å²) in [6.07, 6.45) is 0. The molecule has 3 aromatic carbocycles. The average Bonchev–Trinajstić information content (AvgIpc) is 3.07. The molecule has 0 aliphatic carbocycles. The van der Waals surface area contributed by atoms with E-state index in [1.54, 1.807) is 40.7 Å². The highest BCUT2D eigenvalue weighted by Crippen LogP contribution is 2.38. The molecule has 1 N–H and O–H groups in total. The topological polar surface area (TPSA) is 59.6 Å². The monoisotopic (exact) mass is 443 g/mol. The number of rotatable bonds is 6. The van der Waals surface area contributed by atoms with Crippen LogP contribution in [0.1, 0.15) is 22.4 Å². The zero-order chi connectivity index (χ0) is 23.8. The quantitative estimate of drug-likeness (QED) is 0.492. The number of anilines is 1. The zero-order valence-electron chi connectivity index (χ0n) is 19.6. The van der Waals surface area contributed by atoms with Gasteiger partial charge >= 0.3 is 0 Å². The zero-order valence-corrected chi connectivity index (χ0v) is 19.6. The second kappa shape index (κ2) is 8.64. The minimum Gasteiger partial charge on any atom is -0.497 e. The molecule has 0 saturated carbocycles. The number of methoxy groups -OCH3 is 1. The van der Waals surface area contributed by atoms with Gasteiger partial charge in [-0.2, -0.15) is 0 Å². The molecule has 0 aliphatic rings. The van der Waals surface area contributed by atoms with Gasteiger partial charge in [-0.25, -0.2) is 4.68 Å². The molecule has 1 atom stereocenters. The summed E-state index contributed by atoms with van der Waals surface area (Å²) >= 11 is 0. The number of hydrogen-bond acceptors (Lipinski definition) is 4. The molecule has 6 nitrogen and oxygen atoms in total. The van der Waals surface area contributed by atoms with Gasteiger partial charge in [0.05, 0.1) is 18.4 Å². The maximum atomic E-state index is 13.9. The predicted octanol–water partition coefficient (Wildman–Crippen LogP) is 3.84. The van der Waals surface area contributed by atoms with Gasteiger partial charge in [0.15, 0.2) is 0 Å². The summed E-state index contributed by atoms with van der Waals surface area (Å²) in [7, 11) is 7.35. The van der Waals surface area contributed by atoms with Crippen molar-refractivity contribution in [2.24, 2.45) is 7.05 Å². The summed E-state index contributed by atoms with van der Waals surface area (Å²) in [5.41, 5.74) is 2.01. The van der Waals surface area contributed by atoms with E-state index in [9.17, 15) is 9.90 Å². The maximum absolute atomic E-state index is 13.9. The standard InChI is InChI=1S/C27H29N3O3/c1-19-25(26(31)30(29(19)4)23-9-7-6-8-10-23)27(32,21-13-17-24(33-5)18-14-21)20-11-15-22(16-12-20)28(2)3/h6-18,32H,1-5H3. The molecule has 33 heavy (non-hydrogen) atoms. The lowest BCUT2D eigenvalue weighted by Gasteiger charge is -2.29. The highest BCUT2D eigenvalue weighted by molar-refractivity contribution is 5.54. The third-order valence-corrected chi connectivity index (χ3v) is 6.23. The van der Waals surface area contributed by atoms with E-state index in [2.05, 4.69) is 0 Å². The number of nitrogens with zero attached hydrogens (tertiary/aromatic N) is 3. The fraction of sp³-hybridized carbons (Fsp3) is 0.222. The van der Waals surface area contributed by atoms with Gasteiger partial charge in [-0.15, -0.1) is 0 Å². The Bertz CT molecular complexity index is 1300. The number of hydrogen-bond donors (Lipinski definition) is 1. The van der Waals surface area contributed by atoms with Crippen LogP contribution in [0, 0.1) is 6.92 Å². The van der Waals surface area contributed by atoms with Crippen molar-refractivity contribution in [1.82, 2.24) is 9.36 Å². The Morgan fingerprint density at radius 3 is 1.94 bits per heavy atom. The molecule has 0 bridgehead atoms. The van der Waals surface area contributed by atoms with E-state index in [-0.39, 0.29) is 5.56 Å². The second-order valence-corrected chi connectivity index (χ2v) is 8.32. The number of ether oxygens (including phenoxy) is 1. The summed E-state index contributed by atoms with van der Waals surface area (Å²) in [6.45, 7) is 1.86. The molecule has 4 aromatic rings. The van der Waals surface area contributed by atoms with Crippen molar-refractivity contribution in [1.29, 1.82) is 0 Å². The smallest absolute Gasteiger partial charge is 0.278 e. The van der Waals surface area contributed by atoms with Gasteiger partial charge in [-0.3, -0.25) is 9.48 Å². The van der Waals surface area contributed by atoms with Crippen LogP contribution < -0.4 is 15.2 Å². The fourth-order valence-electron chi connectivity index (χ4n) is 4.27. The van der Waals surface area contributed by atoms with Crippen molar-refractivity contribution in [3.63, 3.8) is 0 Å². The first-order chi connectivity index (χ1) is 15.8. The van der Waals surface area contributed by atoms with Crippen molar-refractivity contribution in [3.8, 4) is 11.4 Å². The molecule has 1 aromatic heterocycles. The van der Waals surface area contributed by atoms with Crippen molar-refractivity contribution in [2.45, 2.75) is 12.5 Å². The lowest BCUT2D eigenvalue weighted by molar-refractivity contribution is 0.123. The molecule has 0 saturated heterocycles. The fourth-order valence-corrected chi connectivity index (χ4v) is 4.27. The summed E-state index contributed by atoms with van der Waals surface area (Å²) in [5.74, 6) is 0.676. The minimum atomic E-state index is -1.66. The van der Waals surface area contributed by atoms with E-state index in [0.29, 0.717) is 28.1 Å². The van der Waals surface area contributed by atoms with Gasteiger partial charge in [0.2, 0.25) is 0 Å². The van der Waals surface area contributed by atoms with E-state index >= 15 is 0 Å². The van der Waals surface area contributed by atoms with Gasteiger partial charge in [-0.05, 0) is 54.4 Å². The molecule has 0 spiro atoms. The third-order valence-electron chi connectivity index (χ3n) is 6.23. The Morgan fingerprint density at radius 2 is 1.42 bits per heavy atom. The molecule has 170 valence electrons. The number of benzene rings is 3. The van der Waals surface area contributed by atoms with Crippen LogP contribution >= 0.6 is 0 Å². The van der Waals surface area contributed by atoms with Gasteiger partial charge in [0, 0.05) is 32.5 Å². The van der Waals surface area contributed by atoms with E-state index in [1.165, 1.54) is 0 Å². The molecule has 4 rings (SSSR count). The number of para-hydroxylation sites is 1. The van der Waals surface area contributed by atoms with E-state index in [1.807, 2.05) is 87.6 Å². The third kappa shape index (κ3) is 3.72.